The molecule has 3 heterocycles. The number of carbonyl (C=O) groups excluding carboxylic acids is 1. The number of nitrogens with zero attached hydrogens (tertiary/aromatic N) is 3. The summed E-state index contributed by atoms with van der Waals surface area (Å²) in [5, 5.41) is 11.2. The van der Waals surface area contributed by atoms with E-state index in [0.29, 0.717) is 43.4 Å². The van der Waals surface area contributed by atoms with Crippen molar-refractivity contribution in [3.63, 3.8) is 0 Å². The van der Waals surface area contributed by atoms with Gasteiger partial charge in [-0.15, -0.1) is 0 Å². The van der Waals surface area contributed by atoms with Gasteiger partial charge < -0.3 is 13.9 Å². The number of non-ortho nitro benzene ring substituents is 1. The Morgan fingerprint density at radius 1 is 1.18 bits per heavy atom. The van der Waals surface area contributed by atoms with Gasteiger partial charge in [0.25, 0.3) is 11.2 Å². The first-order valence-corrected chi connectivity index (χ1v) is 13.2. The summed E-state index contributed by atoms with van der Waals surface area (Å²) in [6.45, 7) is 5.25. The van der Waals surface area contributed by atoms with Crippen molar-refractivity contribution >= 4 is 29.1 Å². The van der Waals surface area contributed by atoms with Gasteiger partial charge in [-0.3, -0.25) is 19.5 Å². The zero-order valence-electron chi connectivity index (χ0n) is 22.1. The summed E-state index contributed by atoms with van der Waals surface area (Å²) in [5.41, 5.74) is 1.59. The first kappa shape index (κ1) is 26.8. The maximum Gasteiger partial charge on any atom is 0.338 e. The molecule has 0 aliphatic carbocycles. The molecule has 2 aromatic carbocycles. The predicted octanol–water partition coefficient (Wildman–Crippen LogP) is 4.36. The van der Waals surface area contributed by atoms with Crippen molar-refractivity contribution < 1.29 is 23.6 Å². The standard InChI is InChI=1S/C29H25N3O7S/c1-16(2)38-28(34)25-17(3)30-29-31(26(25)18-8-10-21(37-4)11-9-18)27(33)24(40-29)15-22-12-13-23(39-22)19-6-5-7-20(14-19)32(35)36/h5-16,26H,1-4H3/b24-15-. The molecular formula is C29H25N3O7S. The number of hydrogen-bond acceptors (Lipinski definition) is 9. The van der Waals surface area contributed by atoms with Crippen LogP contribution in [0.3, 0.4) is 0 Å². The third-order valence-electron chi connectivity index (χ3n) is 6.26. The summed E-state index contributed by atoms with van der Waals surface area (Å²) in [6, 6.07) is 15.9. The molecule has 11 heteroatoms. The van der Waals surface area contributed by atoms with Crippen LogP contribution in [0.15, 0.2) is 86.1 Å². The zero-order valence-corrected chi connectivity index (χ0v) is 22.9. The largest absolute Gasteiger partial charge is 0.497 e. The maximum atomic E-state index is 13.8. The topological polar surface area (TPSA) is 126 Å². The molecule has 40 heavy (non-hydrogen) atoms. The lowest BCUT2D eigenvalue weighted by Crippen LogP contribution is -2.40. The van der Waals surface area contributed by atoms with Gasteiger partial charge in [0.05, 0.1) is 40.0 Å². The number of benzene rings is 2. The molecule has 1 unspecified atom stereocenters. The molecule has 1 atom stereocenters. The molecule has 10 nitrogen and oxygen atoms in total. The first-order chi connectivity index (χ1) is 19.2. The predicted molar refractivity (Wildman–Crippen MR) is 149 cm³/mol. The highest BCUT2D eigenvalue weighted by molar-refractivity contribution is 7.07. The highest BCUT2D eigenvalue weighted by atomic mass is 32.1. The molecule has 2 aromatic heterocycles. The molecule has 0 fully saturated rings. The summed E-state index contributed by atoms with van der Waals surface area (Å²) >= 11 is 1.17. The van der Waals surface area contributed by atoms with E-state index in [2.05, 4.69) is 4.99 Å². The maximum absolute atomic E-state index is 13.8. The van der Waals surface area contributed by atoms with Gasteiger partial charge in [-0.2, -0.15) is 0 Å². The zero-order chi connectivity index (χ0) is 28.6. The van der Waals surface area contributed by atoms with Crippen LogP contribution >= 0.6 is 11.3 Å². The van der Waals surface area contributed by atoms with Gasteiger partial charge in [-0.25, -0.2) is 9.79 Å². The number of carbonyl (C=O) groups is 1. The summed E-state index contributed by atoms with van der Waals surface area (Å²) in [7, 11) is 1.56. The second kappa shape index (κ2) is 10.8. The number of methoxy groups -OCH3 is 1. The highest BCUT2D eigenvalue weighted by Gasteiger charge is 2.33. The minimum atomic E-state index is -0.757. The molecule has 4 aromatic rings. The molecule has 204 valence electrons. The van der Waals surface area contributed by atoms with Gasteiger partial charge in [-0.05, 0) is 50.6 Å². The molecule has 0 spiro atoms. The van der Waals surface area contributed by atoms with E-state index in [1.165, 1.54) is 28.0 Å². The van der Waals surface area contributed by atoms with Crippen molar-refractivity contribution in [2.24, 2.45) is 4.99 Å². The van der Waals surface area contributed by atoms with Crippen LogP contribution in [-0.4, -0.2) is 28.7 Å². The monoisotopic (exact) mass is 559 g/mol. The molecule has 0 amide bonds. The minimum Gasteiger partial charge on any atom is -0.497 e. The van der Waals surface area contributed by atoms with Crippen LogP contribution in [0.1, 0.15) is 38.1 Å². The number of ether oxygens (including phenoxy) is 2. The van der Waals surface area contributed by atoms with E-state index in [-0.39, 0.29) is 22.9 Å². The number of fused-ring (bicyclic) bond motifs is 1. The molecule has 0 bridgehead atoms. The van der Waals surface area contributed by atoms with Crippen molar-refractivity contribution in [1.29, 1.82) is 0 Å². The molecular weight excluding hydrogens is 534 g/mol. The van der Waals surface area contributed by atoms with E-state index >= 15 is 0 Å². The third-order valence-corrected chi connectivity index (χ3v) is 7.24. The van der Waals surface area contributed by atoms with Crippen molar-refractivity contribution in [1.82, 2.24) is 4.57 Å². The lowest BCUT2D eigenvalue weighted by molar-refractivity contribution is -0.384. The molecule has 0 radical (unpaired) electrons. The smallest absolute Gasteiger partial charge is 0.338 e. The first-order valence-electron chi connectivity index (χ1n) is 12.4. The Labute approximate surface area is 232 Å². The van der Waals surface area contributed by atoms with Crippen molar-refractivity contribution in [3.8, 4) is 17.1 Å². The van der Waals surface area contributed by atoms with Crippen LogP contribution < -0.4 is 19.6 Å². The van der Waals surface area contributed by atoms with Gasteiger partial charge in [0, 0.05) is 23.8 Å². The van der Waals surface area contributed by atoms with Crippen LogP contribution in [0, 0.1) is 10.1 Å². The van der Waals surface area contributed by atoms with Crippen LogP contribution in [0.5, 0.6) is 5.75 Å². The fraction of sp³-hybridized carbons (Fsp3) is 0.207. The Bertz CT molecular complexity index is 1830. The lowest BCUT2D eigenvalue weighted by Gasteiger charge is -2.25. The molecule has 0 saturated carbocycles. The Kier molecular flexibility index (Phi) is 7.22. The number of hydrogen-bond donors (Lipinski definition) is 0. The van der Waals surface area contributed by atoms with E-state index in [9.17, 15) is 19.7 Å². The van der Waals surface area contributed by atoms with E-state index in [1.54, 1.807) is 82.5 Å². The summed E-state index contributed by atoms with van der Waals surface area (Å²) in [5.74, 6) is 0.913. The van der Waals surface area contributed by atoms with Crippen molar-refractivity contribution in [2.75, 3.05) is 7.11 Å². The molecule has 5 rings (SSSR count). The highest BCUT2D eigenvalue weighted by Crippen LogP contribution is 2.32. The quantitative estimate of drug-likeness (QED) is 0.187. The average molecular weight is 560 g/mol. The average Bonchev–Trinajstić information content (AvgIpc) is 3.52. The number of rotatable bonds is 7. The molecule has 0 N–H and O–H groups in total. The number of nitro groups is 1. The normalized spacial score (nSPS) is 15.1. The van der Waals surface area contributed by atoms with Crippen LogP contribution in [0.25, 0.3) is 17.4 Å². The Morgan fingerprint density at radius 2 is 1.93 bits per heavy atom. The number of allylic oxidation sites excluding steroid dienone is 1. The van der Waals surface area contributed by atoms with Gasteiger partial charge in [0.2, 0.25) is 0 Å². The van der Waals surface area contributed by atoms with Gasteiger partial charge in [-0.1, -0.05) is 35.6 Å². The Morgan fingerprint density at radius 3 is 2.60 bits per heavy atom. The third kappa shape index (κ3) is 5.10. The van der Waals surface area contributed by atoms with Crippen LogP contribution in [0.2, 0.25) is 0 Å². The van der Waals surface area contributed by atoms with Gasteiger partial charge >= 0.3 is 5.97 Å². The fourth-order valence-electron chi connectivity index (χ4n) is 4.45. The van der Waals surface area contributed by atoms with E-state index in [1.807, 2.05) is 0 Å². The number of furan rings is 1. The lowest BCUT2D eigenvalue weighted by atomic mass is 9.96. The molecule has 1 aliphatic heterocycles. The SMILES string of the molecule is COc1ccc(C2C(C(=O)OC(C)C)=C(C)N=c3s/c(=C\c4ccc(-c5cccc([N+](=O)[O-])c5)o4)c(=O)n32)cc1. The number of nitro benzene ring substituents is 1. The van der Waals surface area contributed by atoms with Gasteiger partial charge in [0.1, 0.15) is 17.3 Å². The van der Waals surface area contributed by atoms with Crippen molar-refractivity contribution in [2.45, 2.75) is 32.9 Å². The molecule has 1 aliphatic rings. The van der Waals surface area contributed by atoms with E-state index in [0.717, 1.165) is 0 Å². The summed E-state index contributed by atoms with van der Waals surface area (Å²) < 4.78 is 18.6. The van der Waals surface area contributed by atoms with Crippen molar-refractivity contribution in [3.05, 3.63) is 113 Å². The van der Waals surface area contributed by atoms with Crippen LogP contribution in [0.4, 0.5) is 5.69 Å². The second-order valence-electron chi connectivity index (χ2n) is 9.32. The minimum absolute atomic E-state index is 0.0514. The fourth-order valence-corrected chi connectivity index (χ4v) is 5.48. The number of aromatic nitrogens is 1. The number of esters is 1. The summed E-state index contributed by atoms with van der Waals surface area (Å²) in [6.07, 6.45) is 1.24. The molecule has 0 saturated heterocycles. The van der Waals surface area contributed by atoms with Gasteiger partial charge in [0.15, 0.2) is 4.80 Å². The second-order valence-corrected chi connectivity index (χ2v) is 10.3. The van der Waals surface area contributed by atoms with Crippen LogP contribution in [-0.2, 0) is 9.53 Å². The number of thiazole rings is 1. The summed E-state index contributed by atoms with van der Waals surface area (Å²) in [4.78, 5) is 42.7. The Hall–Kier alpha value is -4.77. The van der Waals surface area contributed by atoms with E-state index < -0.39 is 16.9 Å². The van der Waals surface area contributed by atoms with E-state index in [4.69, 9.17) is 13.9 Å². The Balaban J connectivity index is 1.61.